The van der Waals surface area contributed by atoms with Crippen molar-refractivity contribution in [2.75, 3.05) is 6.61 Å². The van der Waals surface area contributed by atoms with Gasteiger partial charge in [-0.3, -0.25) is 0 Å². The van der Waals surface area contributed by atoms with E-state index in [1.807, 2.05) is 13.8 Å². The maximum atomic E-state index is 12.4. The van der Waals surface area contributed by atoms with Gasteiger partial charge < -0.3 is 4.74 Å². The van der Waals surface area contributed by atoms with Crippen molar-refractivity contribution in [3.8, 4) is 0 Å². The van der Waals surface area contributed by atoms with Crippen LogP contribution in [0.5, 0.6) is 0 Å². The van der Waals surface area contributed by atoms with Gasteiger partial charge in [-0.1, -0.05) is 26.7 Å². The van der Waals surface area contributed by atoms with Crippen molar-refractivity contribution >= 4 is 0 Å². The number of rotatable bonds is 8. The largest absolute Gasteiger partial charge is 0.371 e. The van der Waals surface area contributed by atoms with Gasteiger partial charge in [0.2, 0.25) is 0 Å². The highest BCUT2D eigenvalue weighted by Crippen LogP contribution is 2.09. The monoisotopic (exact) mass is 297 g/mol. The summed E-state index contributed by atoms with van der Waals surface area (Å²) in [7, 11) is 0. The van der Waals surface area contributed by atoms with Crippen LogP contribution in [0.4, 0.5) is 0 Å². The van der Waals surface area contributed by atoms with Gasteiger partial charge in [0.1, 0.15) is 0 Å². The maximum absolute atomic E-state index is 12.4. The Balaban J connectivity index is 2.49. The summed E-state index contributed by atoms with van der Waals surface area (Å²) in [5.41, 5.74) is -1.51. The summed E-state index contributed by atoms with van der Waals surface area (Å²) < 4.78 is 8.61. The van der Waals surface area contributed by atoms with Crippen molar-refractivity contribution in [2.24, 2.45) is 0 Å². The fraction of sp³-hybridized carbons (Fsp3) is 0.786. The third-order valence-corrected chi connectivity index (χ3v) is 3.64. The van der Waals surface area contributed by atoms with Crippen LogP contribution in [0, 0.1) is 0 Å². The first kappa shape index (κ1) is 15.8. The van der Waals surface area contributed by atoms with Crippen molar-refractivity contribution in [2.45, 2.75) is 65.3 Å². The Bertz CT molecular complexity index is 605. The van der Waals surface area contributed by atoms with E-state index in [9.17, 15) is 14.4 Å². The lowest BCUT2D eigenvalue weighted by atomic mass is 10.3. The van der Waals surface area contributed by atoms with E-state index in [2.05, 4.69) is 0 Å². The lowest BCUT2D eigenvalue weighted by Crippen LogP contribution is -2.55. The number of hydrogen-bond acceptors (Lipinski definition) is 4. The zero-order valence-electron chi connectivity index (χ0n) is 12.7. The molecule has 1 atom stereocenters. The van der Waals surface area contributed by atoms with Crippen LogP contribution in [0.3, 0.4) is 0 Å². The molecule has 0 aromatic carbocycles. The quantitative estimate of drug-likeness (QED) is 0.641. The Kier molecular flexibility index (Phi) is 5.17. The van der Waals surface area contributed by atoms with E-state index < -0.39 is 17.1 Å². The second kappa shape index (κ2) is 6.89. The average Bonchev–Trinajstić information content (AvgIpc) is 3.27. The van der Waals surface area contributed by atoms with Crippen molar-refractivity contribution in [3.63, 3.8) is 0 Å². The van der Waals surface area contributed by atoms with Gasteiger partial charge in [-0.15, -0.1) is 0 Å². The van der Waals surface area contributed by atoms with Gasteiger partial charge >= 0.3 is 17.1 Å². The van der Waals surface area contributed by atoms with Crippen LogP contribution < -0.4 is 17.1 Å². The molecule has 0 N–H and O–H groups in total. The van der Waals surface area contributed by atoms with Gasteiger partial charge in [0.15, 0.2) is 0 Å². The van der Waals surface area contributed by atoms with Crippen molar-refractivity contribution in [1.29, 1.82) is 0 Å². The number of unbranched alkanes of at least 4 members (excludes halogenated alkanes) is 2. The van der Waals surface area contributed by atoms with Crippen LogP contribution in [0.15, 0.2) is 14.4 Å². The second-order valence-electron chi connectivity index (χ2n) is 5.42. The second-order valence-corrected chi connectivity index (χ2v) is 5.42. The third kappa shape index (κ3) is 3.53. The van der Waals surface area contributed by atoms with E-state index in [1.165, 1.54) is 9.13 Å². The highest BCUT2D eigenvalue weighted by atomic mass is 16.6. The number of epoxide rings is 1. The topological polar surface area (TPSA) is 78.5 Å². The molecule has 0 aliphatic carbocycles. The van der Waals surface area contributed by atoms with Crippen LogP contribution in [-0.4, -0.2) is 26.4 Å². The van der Waals surface area contributed by atoms with Gasteiger partial charge in [-0.25, -0.2) is 28.1 Å². The molecule has 1 aromatic rings. The number of aromatic nitrogens is 3. The number of ether oxygens (including phenoxy) is 1. The molecular formula is C14H23N3O4. The predicted octanol–water partition coefficient (Wildman–Crippen LogP) is 0.171. The minimum Gasteiger partial charge on any atom is -0.371 e. The molecule has 0 amide bonds. The van der Waals surface area contributed by atoms with Crippen molar-refractivity contribution in [1.82, 2.24) is 13.7 Å². The summed E-state index contributed by atoms with van der Waals surface area (Å²) in [6.07, 6.45) is 3.16. The molecule has 7 nitrogen and oxygen atoms in total. The van der Waals surface area contributed by atoms with Crippen LogP contribution in [0.1, 0.15) is 39.5 Å². The molecule has 2 heterocycles. The summed E-state index contributed by atoms with van der Waals surface area (Å²) in [6.45, 7) is 5.49. The Morgan fingerprint density at radius 2 is 1.33 bits per heavy atom. The highest BCUT2D eigenvalue weighted by Gasteiger charge is 2.26. The Hall–Kier alpha value is -1.63. The van der Waals surface area contributed by atoms with Gasteiger partial charge in [0.25, 0.3) is 0 Å². The van der Waals surface area contributed by atoms with Crippen molar-refractivity contribution in [3.05, 3.63) is 31.5 Å². The first-order valence-corrected chi connectivity index (χ1v) is 7.66. The molecule has 0 spiro atoms. The molecule has 21 heavy (non-hydrogen) atoms. The summed E-state index contributed by atoms with van der Waals surface area (Å²) in [4.78, 5) is 37.1. The fourth-order valence-electron chi connectivity index (χ4n) is 2.23. The highest BCUT2D eigenvalue weighted by molar-refractivity contribution is 4.82. The molecule has 1 aliphatic rings. The van der Waals surface area contributed by atoms with Gasteiger partial charge in [-0.2, -0.15) is 0 Å². The first-order valence-electron chi connectivity index (χ1n) is 7.66. The molecule has 0 saturated carbocycles. The Morgan fingerprint density at radius 3 is 1.71 bits per heavy atom. The van der Waals surface area contributed by atoms with E-state index in [-0.39, 0.29) is 12.6 Å². The van der Waals surface area contributed by atoms with Gasteiger partial charge in [-0.05, 0) is 12.8 Å². The van der Waals surface area contributed by atoms with E-state index in [4.69, 9.17) is 4.74 Å². The zero-order valence-corrected chi connectivity index (χ0v) is 12.7. The number of hydrogen-bond donors (Lipinski definition) is 0. The molecule has 1 fully saturated rings. The van der Waals surface area contributed by atoms with Crippen molar-refractivity contribution < 1.29 is 4.74 Å². The van der Waals surface area contributed by atoms with Crippen LogP contribution in [0.25, 0.3) is 0 Å². The zero-order chi connectivity index (χ0) is 15.4. The Morgan fingerprint density at radius 1 is 0.905 bits per heavy atom. The molecule has 0 radical (unpaired) electrons. The number of nitrogens with zero attached hydrogens (tertiary/aromatic N) is 3. The minimum atomic E-state index is -0.512. The molecule has 1 aromatic heterocycles. The standard InChI is InChI=1S/C14H23N3O4/c1-3-5-7-15-12(18)16(8-6-4-2)14(20)17(13(15)19)9-11-10-21-11/h11H,3-10H2,1-2H3. The SMILES string of the molecule is CCCCn1c(=O)n(CCCC)c(=O)n(CC2CO2)c1=O. The first-order chi connectivity index (χ1) is 10.1. The molecule has 1 aliphatic heterocycles. The molecule has 2 rings (SSSR count). The molecule has 1 saturated heterocycles. The Labute approximate surface area is 122 Å². The van der Waals surface area contributed by atoms with E-state index >= 15 is 0 Å². The molecular weight excluding hydrogens is 274 g/mol. The summed E-state index contributed by atoms with van der Waals surface area (Å²) in [6, 6.07) is 0. The van der Waals surface area contributed by atoms with E-state index in [0.29, 0.717) is 19.7 Å². The van der Waals surface area contributed by atoms with E-state index in [1.54, 1.807) is 0 Å². The smallest absolute Gasteiger partial charge is 0.336 e. The molecule has 0 bridgehead atoms. The summed E-state index contributed by atoms with van der Waals surface area (Å²) in [5, 5.41) is 0. The van der Waals surface area contributed by atoms with Gasteiger partial charge in [0, 0.05) is 13.1 Å². The normalized spacial score (nSPS) is 17.1. The third-order valence-electron chi connectivity index (χ3n) is 3.64. The maximum Gasteiger partial charge on any atom is 0.336 e. The average molecular weight is 297 g/mol. The van der Waals surface area contributed by atoms with Crippen LogP contribution in [-0.2, 0) is 24.4 Å². The lowest BCUT2D eigenvalue weighted by molar-refractivity contribution is 0.356. The summed E-state index contributed by atoms with van der Waals surface area (Å²) >= 11 is 0. The van der Waals surface area contributed by atoms with Crippen LogP contribution >= 0.6 is 0 Å². The molecule has 1 unspecified atom stereocenters. The van der Waals surface area contributed by atoms with E-state index in [0.717, 1.165) is 30.3 Å². The fourth-order valence-corrected chi connectivity index (χ4v) is 2.23. The van der Waals surface area contributed by atoms with Gasteiger partial charge in [0.05, 0.1) is 19.3 Å². The summed E-state index contributed by atoms with van der Waals surface area (Å²) in [5.74, 6) is 0. The molecule has 118 valence electrons. The van der Waals surface area contributed by atoms with Crippen LogP contribution in [0.2, 0.25) is 0 Å². The lowest BCUT2D eigenvalue weighted by Gasteiger charge is -2.13. The molecule has 7 heteroatoms. The minimum absolute atomic E-state index is 0.0767. The predicted molar refractivity (Wildman–Crippen MR) is 78.8 cm³/mol.